The third-order valence-corrected chi connectivity index (χ3v) is 3.68. The molecule has 2 atom stereocenters. The highest BCUT2D eigenvalue weighted by atomic mass is 16.5. The molecule has 1 saturated heterocycles. The van der Waals surface area contributed by atoms with Gasteiger partial charge in [-0.1, -0.05) is 13.0 Å². The van der Waals surface area contributed by atoms with E-state index in [0.29, 0.717) is 6.04 Å². The molecule has 3 heterocycles. The molecule has 2 aromatic heterocycles. The van der Waals surface area contributed by atoms with Crippen molar-refractivity contribution in [3.8, 4) is 0 Å². The number of nitrogens with zero attached hydrogens (tertiary/aromatic N) is 2. The molecule has 2 aromatic rings. The average Bonchev–Trinajstić information content (AvgIpc) is 2.89. The van der Waals surface area contributed by atoms with Gasteiger partial charge in [0.1, 0.15) is 11.8 Å². The molecule has 3 rings (SSSR count). The largest absolute Gasteiger partial charge is 0.372 e. The Bertz CT molecular complexity index is 504. The molecule has 1 N–H and O–H groups in total. The van der Waals surface area contributed by atoms with Gasteiger partial charge in [0.2, 0.25) is 0 Å². The summed E-state index contributed by atoms with van der Waals surface area (Å²) < 4.78 is 7.95. The maximum absolute atomic E-state index is 5.89. The molecule has 4 nitrogen and oxygen atoms in total. The Morgan fingerprint density at radius 3 is 3.26 bits per heavy atom. The average molecular weight is 259 g/mol. The summed E-state index contributed by atoms with van der Waals surface area (Å²) in [5, 5.41) is 3.59. The zero-order chi connectivity index (χ0) is 13.1. The molecule has 0 bridgehead atoms. The molecule has 1 aliphatic heterocycles. The Morgan fingerprint density at radius 1 is 1.47 bits per heavy atom. The van der Waals surface area contributed by atoms with E-state index in [0.717, 1.165) is 37.3 Å². The van der Waals surface area contributed by atoms with Gasteiger partial charge in [0.15, 0.2) is 0 Å². The van der Waals surface area contributed by atoms with E-state index in [9.17, 15) is 0 Å². The number of imidazole rings is 1. The number of aromatic nitrogens is 2. The highest BCUT2D eigenvalue weighted by Gasteiger charge is 2.25. The van der Waals surface area contributed by atoms with Crippen LogP contribution in [0.15, 0.2) is 30.6 Å². The first kappa shape index (κ1) is 12.6. The number of hydrogen-bond acceptors (Lipinski definition) is 3. The molecule has 2 unspecified atom stereocenters. The first-order chi connectivity index (χ1) is 9.36. The molecule has 0 radical (unpaired) electrons. The molecule has 0 saturated carbocycles. The van der Waals surface area contributed by atoms with Crippen molar-refractivity contribution in [2.45, 2.75) is 38.3 Å². The van der Waals surface area contributed by atoms with E-state index in [2.05, 4.69) is 27.8 Å². The number of pyridine rings is 1. The van der Waals surface area contributed by atoms with Gasteiger partial charge in [0, 0.05) is 25.0 Å². The molecule has 1 fully saturated rings. The predicted octanol–water partition coefficient (Wildman–Crippen LogP) is 2.55. The Balaban J connectivity index is 1.73. The van der Waals surface area contributed by atoms with Crippen molar-refractivity contribution >= 4 is 5.65 Å². The number of nitrogens with one attached hydrogen (secondary N) is 1. The van der Waals surface area contributed by atoms with Crippen molar-refractivity contribution in [2.75, 3.05) is 13.2 Å². The van der Waals surface area contributed by atoms with E-state index in [-0.39, 0.29) is 6.10 Å². The van der Waals surface area contributed by atoms with Crippen molar-refractivity contribution in [2.24, 2.45) is 0 Å². The van der Waals surface area contributed by atoms with Crippen LogP contribution in [-0.4, -0.2) is 28.6 Å². The Labute approximate surface area is 113 Å². The van der Waals surface area contributed by atoms with Crippen molar-refractivity contribution in [3.63, 3.8) is 0 Å². The monoisotopic (exact) mass is 259 g/mol. The van der Waals surface area contributed by atoms with Crippen LogP contribution in [-0.2, 0) is 4.74 Å². The molecule has 1 aliphatic rings. The van der Waals surface area contributed by atoms with Crippen LogP contribution < -0.4 is 5.32 Å². The quantitative estimate of drug-likeness (QED) is 0.917. The molecule has 0 amide bonds. The number of fused-ring (bicyclic) bond motifs is 1. The van der Waals surface area contributed by atoms with E-state index < -0.39 is 0 Å². The standard InChI is InChI=1S/C15H21N3O/c1-2-7-16-12-6-9-19-14(10-12)13-11-18-8-4-3-5-15(18)17-13/h3-5,8,11-12,14,16H,2,6-7,9-10H2,1H3. The van der Waals surface area contributed by atoms with E-state index in [1.165, 1.54) is 6.42 Å². The van der Waals surface area contributed by atoms with Crippen LogP contribution in [0.1, 0.15) is 38.0 Å². The van der Waals surface area contributed by atoms with E-state index in [1.54, 1.807) is 0 Å². The van der Waals surface area contributed by atoms with E-state index >= 15 is 0 Å². The Kier molecular flexibility index (Phi) is 3.80. The summed E-state index contributed by atoms with van der Waals surface area (Å²) in [6.07, 6.45) is 7.54. The third kappa shape index (κ3) is 2.80. The van der Waals surface area contributed by atoms with Gasteiger partial charge in [-0.05, 0) is 37.9 Å². The molecular weight excluding hydrogens is 238 g/mol. The lowest BCUT2D eigenvalue weighted by Crippen LogP contribution is -2.36. The SMILES string of the molecule is CCCNC1CCOC(c2cn3ccccc3n2)C1. The van der Waals surface area contributed by atoms with Crippen LogP contribution in [0.25, 0.3) is 5.65 Å². The minimum atomic E-state index is 0.128. The Hall–Kier alpha value is -1.39. The zero-order valence-corrected chi connectivity index (χ0v) is 11.4. The second kappa shape index (κ2) is 5.72. The molecule has 0 aliphatic carbocycles. The van der Waals surface area contributed by atoms with Crippen LogP contribution in [0.2, 0.25) is 0 Å². The molecule has 102 valence electrons. The number of ether oxygens (including phenoxy) is 1. The van der Waals surface area contributed by atoms with Crippen LogP contribution in [0.3, 0.4) is 0 Å². The molecule has 0 aromatic carbocycles. The second-order valence-corrected chi connectivity index (χ2v) is 5.17. The highest BCUT2D eigenvalue weighted by Crippen LogP contribution is 2.27. The first-order valence-corrected chi connectivity index (χ1v) is 7.15. The van der Waals surface area contributed by atoms with Gasteiger partial charge in [-0.3, -0.25) is 0 Å². The van der Waals surface area contributed by atoms with Crippen molar-refractivity contribution in [1.82, 2.24) is 14.7 Å². The van der Waals surface area contributed by atoms with Gasteiger partial charge in [0.25, 0.3) is 0 Å². The second-order valence-electron chi connectivity index (χ2n) is 5.17. The number of rotatable bonds is 4. The van der Waals surface area contributed by atoms with Crippen molar-refractivity contribution < 1.29 is 4.74 Å². The highest BCUT2D eigenvalue weighted by molar-refractivity contribution is 5.39. The van der Waals surface area contributed by atoms with Gasteiger partial charge >= 0.3 is 0 Å². The lowest BCUT2D eigenvalue weighted by Gasteiger charge is -2.29. The summed E-state index contributed by atoms with van der Waals surface area (Å²) >= 11 is 0. The molecule has 19 heavy (non-hydrogen) atoms. The fourth-order valence-corrected chi connectivity index (χ4v) is 2.65. The normalized spacial score (nSPS) is 23.8. The van der Waals surface area contributed by atoms with Crippen LogP contribution in [0.4, 0.5) is 0 Å². The summed E-state index contributed by atoms with van der Waals surface area (Å²) in [4.78, 5) is 4.66. The van der Waals surface area contributed by atoms with Gasteiger partial charge in [-0.2, -0.15) is 0 Å². The number of hydrogen-bond donors (Lipinski definition) is 1. The predicted molar refractivity (Wildman–Crippen MR) is 75.2 cm³/mol. The third-order valence-electron chi connectivity index (χ3n) is 3.68. The summed E-state index contributed by atoms with van der Waals surface area (Å²) in [5.74, 6) is 0. The van der Waals surface area contributed by atoms with Gasteiger partial charge in [-0.15, -0.1) is 0 Å². The summed E-state index contributed by atoms with van der Waals surface area (Å²) in [5.41, 5.74) is 2.04. The lowest BCUT2D eigenvalue weighted by atomic mass is 10.0. The van der Waals surface area contributed by atoms with E-state index in [1.807, 2.05) is 24.4 Å². The van der Waals surface area contributed by atoms with Gasteiger partial charge < -0.3 is 14.5 Å². The lowest BCUT2D eigenvalue weighted by molar-refractivity contribution is -0.00183. The maximum Gasteiger partial charge on any atom is 0.137 e. The Morgan fingerprint density at radius 2 is 2.42 bits per heavy atom. The first-order valence-electron chi connectivity index (χ1n) is 7.15. The summed E-state index contributed by atoms with van der Waals surface area (Å²) in [6, 6.07) is 6.62. The maximum atomic E-state index is 5.89. The van der Waals surface area contributed by atoms with Gasteiger partial charge in [-0.25, -0.2) is 4.98 Å². The summed E-state index contributed by atoms with van der Waals surface area (Å²) in [7, 11) is 0. The minimum absolute atomic E-state index is 0.128. The fraction of sp³-hybridized carbons (Fsp3) is 0.533. The molecule has 0 spiro atoms. The smallest absolute Gasteiger partial charge is 0.137 e. The summed E-state index contributed by atoms with van der Waals surface area (Å²) in [6.45, 7) is 4.11. The van der Waals surface area contributed by atoms with Crippen LogP contribution in [0, 0.1) is 0 Å². The van der Waals surface area contributed by atoms with Crippen LogP contribution >= 0.6 is 0 Å². The van der Waals surface area contributed by atoms with Crippen LogP contribution in [0.5, 0.6) is 0 Å². The molecule has 4 heteroatoms. The van der Waals surface area contributed by atoms with Crippen molar-refractivity contribution in [1.29, 1.82) is 0 Å². The molecular formula is C15H21N3O. The topological polar surface area (TPSA) is 38.6 Å². The minimum Gasteiger partial charge on any atom is -0.372 e. The van der Waals surface area contributed by atoms with Crippen molar-refractivity contribution in [3.05, 3.63) is 36.3 Å². The van der Waals surface area contributed by atoms with Gasteiger partial charge in [0.05, 0.1) is 5.69 Å². The fourth-order valence-electron chi connectivity index (χ4n) is 2.65. The zero-order valence-electron chi connectivity index (χ0n) is 11.4. The van der Waals surface area contributed by atoms with E-state index in [4.69, 9.17) is 4.74 Å².